The summed E-state index contributed by atoms with van der Waals surface area (Å²) in [6.07, 6.45) is 4.95. The molecular formula is C14H15ClN4O. The van der Waals surface area contributed by atoms with E-state index in [0.29, 0.717) is 10.7 Å². The summed E-state index contributed by atoms with van der Waals surface area (Å²) in [5, 5.41) is 8.55. The van der Waals surface area contributed by atoms with Crippen molar-refractivity contribution in [3.05, 3.63) is 41.2 Å². The van der Waals surface area contributed by atoms with Gasteiger partial charge in [0.2, 0.25) is 0 Å². The van der Waals surface area contributed by atoms with Crippen molar-refractivity contribution in [3.63, 3.8) is 0 Å². The molecule has 0 spiro atoms. The minimum absolute atomic E-state index is 0.0528. The number of para-hydroxylation sites is 1. The molecule has 1 saturated heterocycles. The van der Waals surface area contributed by atoms with E-state index in [0.717, 1.165) is 31.6 Å². The molecule has 1 aromatic heterocycles. The van der Waals surface area contributed by atoms with Crippen LogP contribution in [0.5, 0.6) is 0 Å². The summed E-state index contributed by atoms with van der Waals surface area (Å²) >= 11 is 6.11. The highest BCUT2D eigenvalue weighted by Crippen LogP contribution is 2.19. The highest BCUT2D eigenvalue weighted by Gasteiger charge is 2.21. The average molecular weight is 291 g/mol. The fraction of sp³-hybridized carbons (Fsp3) is 0.357. The van der Waals surface area contributed by atoms with Crippen LogP contribution >= 0.6 is 11.6 Å². The lowest BCUT2D eigenvalue weighted by Crippen LogP contribution is -2.35. The SMILES string of the molecule is O=C(c1cn(-c2ccccc2Cl)nn1)N1CCCCC1. The van der Waals surface area contributed by atoms with Gasteiger partial charge in [0.15, 0.2) is 5.69 Å². The van der Waals surface area contributed by atoms with Crippen molar-refractivity contribution in [3.8, 4) is 5.69 Å². The second-order valence-corrected chi connectivity index (χ2v) is 5.26. The zero-order chi connectivity index (χ0) is 13.9. The van der Waals surface area contributed by atoms with E-state index >= 15 is 0 Å². The molecule has 0 N–H and O–H groups in total. The van der Waals surface area contributed by atoms with E-state index in [9.17, 15) is 4.79 Å². The Bertz CT molecular complexity index is 619. The zero-order valence-electron chi connectivity index (χ0n) is 11.0. The van der Waals surface area contributed by atoms with Gasteiger partial charge in [-0.15, -0.1) is 5.10 Å². The minimum atomic E-state index is -0.0528. The Balaban J connectivity index is 1.83. The molecule has 20 heavy (non-hydrogen) atoms. The van der Waals surface area contributed by atoms with Gasteiger partial charge >= 0.3 is 0 Å². The molecule has 0 saturated carbocycles. The number of piperidine rings is 1. The molecular weight excluding hydrogens is 276 g/mol. The predicted octanol–water partition coefficient (Wildman–Crippen LogP) is 2.55. The third kappa shape index (κ3) is 2.54. The summed E-state index contributed by atoms with van der Waals surface area (Å²) in [6.45, 7) is 1.61. The number of halogens is 1. The number of carbonyl (C=O) groups is 1. The van der Waals surface area contributed by atoms with Crippen molar-refractivity contribution in [1.29, 1.82) is 0 Å². The topological polar surface area (TPSA) is 51.0 Å². The molecule has 2 heterocycles. The highest BCUT2D eigenvalue weighted by molar-refractivity contribution is 6.32. The van der Waals surface area contributed by atoms with Gasteiger partial charge in [0.1, 0.15) is 0 Å². The molecule has 5 nitrogen and oxygen atoms in total. The molecule has 0 aliphatic carbocycles. The molecule has 2 aromatic rings. The van der Waals surface area contributed by atoms with Crippen molar-refractivity contribution in [1.82, 2.24) is 19.9 Å². The fourth-order valence-electron chi connectivity index (χ4n) is 2.38. The number of benzene rings is 1. The van der Waals surface area contributed by atoms with Gasteiger partial charge in [0.25, 0.3) is 5.91 Å². The molecule has 6 heteroatoms. The van der Waals surface area contributed by atoms with E-state index in [4.69, 9.17) is 11.6 Å². The molecule has 104 valence electrons. The van der Waals surface area contributed by atoms with Gasteiger partial charge in [-0.25, -0.2) is 4.68 Å². The smallest absolute Gasteiger partial charge is 0.276 e. The minimum Gasteiger partial charge on any atom is -0.337 e. The maximum absolute atomic E-state index is 12.3. The second-order valence-electron chi connectivity index (χ2n) is 4.85. The fourth-order valence-corrected chi connectivity index (χ4v) is 2.60. The molecule has 1 fully saturated rings. The summed E-state index contributed by atoms with van der Waals surface area (Å²) in [5.41, 5.74) is 1.09. The van der Waals surface area contributed by atoms with Crippen LogP contribution < -0.4 is 0 Å². The van der Waals surface area contributed by atoms with Gasteiger partial charge in [-0.1, -0.05) is 28.9 Å². The van der Waals surface area contributed by atoms with Crippen molar-refractivity contribution >= 4 is 17.5 Å². The normalized spacial score (nSPS) is 15.3. The lowest BCUT2D eigenvalue weighted by Gasteiger charge is -2.25. The van der Waals surface area contributed by atoms with Crippen molar-refractivity contribution < 1.29 is 4.79 Å². The number of aromatic nitrogens is 3. The van der Waals surface area contributed by atoms with Crippen LogP contribution in [0.4, 0.5) is 0 Å². The zero-order valence-corrected chi connectivity index (χ0v) is 11.8. The van der Waals surface area contributed by atoms with Crippen LogP contribution in [-0.4, -0.2) is 38.9 Å². The van der Waals surface area contributed by atoms with Crippen molar-refractivity contribution in [2.45, 2.75) is 19.3 Å². The van der Waals surface area contributed by atoms with Gasteiger partial charge in [-0.05, 0) is 31.4 Å². The molecule has 0 unspecified atom stereocenters. The number of hydrogen-bond acceptors (Lipinski definition) is 3. The first-order chi connectivity index (χ1) is 9.75. The van der Waals surface area contributed by atoms with Gasteiger partial charge in [0.05, 0.1) is 16.9 Å². The number of nitrogens with zero attached hydrogens (tertiary/aromatic N) is 4. The third-order valence-electron chi connectivity index (χ3n) is 3.46. The predicted molar refractivity (Wildman–Crippen MR) is 76.1 cm³/mol. The molecule has 1 aliphatic rings. The van der Waals surface area contributed by atoms with Crippen LogP contribution in [0.2, 0.25) is 5.02 Å². The third-order valence-corrected chi connectivity index (χ3v) is 3.77. The van der Waals surface area contributed by atoms with Gasteiger partial charge in [0, 0.05) is 13.1 Å². The Labute approximate surface area is 122 Å². The summed E-state index contributed by atoms with van der Waals surface area (Å²) in [6, 6.07) is 7.34. The van der Waals surface area contributed by atoms with E-state index in [2.05, 4.69) is 10.3 Å². The van der Waals surface area contributed by atoms with Crippen LogP contribution in [-0.2, 0) is 0 Å². The first kappa shape index (κ1) is 13.1. The Morgan fingerprint density at radius 3 is 2.65 bits per heavy atom. The van der Waals surface area contributed by atoms with E-state index < -0.39 is 0 Å². The Morgan fingerprint density at radius 1 is 1.15 bits per heavy atom. The Kier molecular flexibility index (Phi) is 3.69. The van der Waals surface area contributed by atoms with Crippen molar-refractivity contribution in [2.24, 2.45) is 0 Å². The highest BCUT2D eigenvalue weighted by atomic mass is 35.5. The maximum Gasteiger partial charge on any atom is 0.276 e. The molecule has 0 bridgehead atoms. The Hall–Kier alpha value is -1.88. The molecule has 0 atom stereocenters. The quantitative estimate of drug-likeness (QED) is 0.854. The van der Waals surface area contributed by atoms with Crippen LogP contribution in [0.1, 0.15) is 29.8 Å². The molecule has 3 rings (SSSR count). The Morgan fingerprint density at radius 2 is 1.90 bits per heavy atom. The van der Waals surface area contributed by atoms with E-state index in [1.54, 1.807) is 16.9 Å². The lowest BCUT2D eigenvalue weighted by molar-refractivity contribution is 0.0718. The molecule has 1 amide bonds. The summed E-state index contributed by atoms with van der Waals surface area (Å²) in [5.74, 6) is -0.0528. The molecule has 1 aliphatic heterocycles. The number of carbonyl (C=O) groups excluding carboxylic acids is 1. The van der Waals surface area contributed by atoms with Gasteiger partial charge in [-0.3, -0.25) is 4.79 Å². The first-order valence-electron chi connectivity index (χ1n) is 6.72. The second kappa shape index (κ2) is 5.63. The van der Waals surface area contributed by atoms with Crippen LogP contribution in [0.3, 0.4) is 0 Å². The summed E-state index contributed by atoms with van der Waals surface area (Å²) in [7, 11) is 0. The molecule has 1 aromatic carbocycles. The van der Waals surface area contributed by atoms with Gasteiger partial charge < -0.3 is 4.90 Å². The largest absolute Gasteiger partial charge is 0.337 e. The molecule has 0 radical (unpaired) electrons. The van der Waals surface area contributed by atoms with Crippen LogP contribution in [0, 0.1) is 0 Å². The van der Waals surface area contributed by atoms with E-state index in [1.807, 2.05) is 23.1 Å². The number of rotatable bonds is 2. The maximum atomic E-state index is 12.3. The standard InChI is InChI=1S/C14H15ClN4O/c15-11-6-2-3-7-13(11)19-10-12(16-17-19)14(20)18-8-4-1-5-9-18/h2-3,6-7,10H,1,4-5,8-9H2. The lowest BCUT2D eigenvalue weighted by atomic mass is 10.1. The first-order valence-corrected chi connectivity index (χ1v) is 7.10. The summed E-state index contributed by atoms with van der Waals surface area (Å²) < 4.78 is 1.54. The van der Waals surface area contributed by atoms with Gasteiger partial charge in [-0.2, -0.15) is 0 Å². The monoisotopic (exact) mass is 290 g/mol. The van der Waals surface area contributed by atoms with Crippen molar-refractivity contribution in [2.75, 3.05) is 13.1 Å². The average Bonchev–Trinajstić information content (AvgIpc) is 2.97. The van der Waals surface area contributed by atoms with E-state index in [1.165, 1.54) is 6.42 Å². The van der Waals surface area contributed by atoms with E-state index in [-0.39, 0.29) is 5.91 Å². The number of amides is 1. The number of hydrogen-bond donors (Lipinski definition) is 0. The summed E-state index contributed by atoms with van der Waals surface area (Å²) in [4.78, 5) is 14.1. The van der Waals surface area contributed by atoms with Crippen LogP contribution in [0.25, 0.3) is 5.69 Å². The van der Waals surface area contributed by atoms with Crippen LogP contribution in [0.15, 0.2) is 30.5 Å². The number of likely N-dealkylation sites (tertiary alicyclic amines) is 1.